The van der Waals surface area contributed by atoms with Gasteiger partial charge in [0, 0.05) is 17.5 Å². The maximum atomic E-state index is 12.9. The lowest BCUT2D eigenvalue weighted by molar-refractivity contribution is -0.205. The molecule has 0 fully saturated rings. The third-order valence-electron chi connectivity index (χ3n) is 2.26. The molecule has 0 saturated carbocycles. The fraction of sp³-hybridized carbons (Fsp3) is 0.300. The molecule has 2 heterocycles. The van der Waals surface area contributed by atoms with Crippen molar-refractivity contribution in [3.8, 4) is 11.3 Å². The first-order valence-electron chi connectivity index (χ1n) is 4.76. The van der Waals surface area contributed by atoms with Gasteiger partial charge in [0.2, 0.25) is 0 Å². The van der Waals surface area contributed by atoms with Crippen LogP contribution in [0.4, 0.5) is 8.78 Å². The number of aliphatic hydroxyl groups is 1. The van der Waals surface area contributed by atoms with E-state index in [0.717, 1.165) is 11.3 Å². The Morgan fingerprint density at radius 3 is 2.65 bits per heavy atom. The number of aryl methyl sites for hydroxylation is 2. The summed E-state index contributed by atoms with van der Waals surface area (Å²) in [6.07, 6.45) is -2.47. The van der Waals surface area contributed by atoms with Crippen LogP contribution < -0.4 is 0 Å². The summed E-state index contributed by atoms with van der Waals surface area (Å²) in [6.45, 7) is 3.57. The van der Waals surface area contributed by atoms with Gasteiger partial charge in [-0.3, -0.25) is 4.98 Å². The summed E-state index contributed by atoms with van der Waals surface area (Å²) >= 11 is 0.475. The van der Waals surface area contributed by atoms with Gasteiger partial charge in [-0.25, -0.2) is 0 Å². The van der Waals surface area contributed by atoms with E-state index in [0.29, 0.717) is 17.1 Å². The first-order valence-corrected chi connectivity index (χ1v) is 5.53. The van der Waals surface area contributed by atoms with E-state index in [1.165, 1.54) is 6.20 Å². The molecule has 4 nitrogen and oxygen atoms in total. The third-order valence-corrected chi connectivity index (χ3v) is 3.05. The second-order valence-electron chi connectivity index (χ2n) is 3.63. The molecule has 0 aliphatic heterocycles. The van der Waals surface area contributed by atoms with Crippen LogP contribution in [0.3, 0.4) is 0 Å². The quantitative estimate of drug-likeness (QED) is 0.896. The van der Waals surface area contributed by atoms with Crippen LogP contribution in [0.2, 0.25) is 0 Å². The summed E-state index contributed by atoms with van der Waals surface area (Å²) in [4.78, 5) is 3.47. The average molecular weight is 257 g/mol. The fourth-order valence-electron chi connectivity index (χ4n) is 1.51. The molecule has 17 heavy (non-hydrogen) atoms. The number of nitrogens with zero attached hydrogens (tertiary/aromatic N) is 3. The van der Waals surface area contributed by atoms with E-state index in [1.54, 1.807) is 19.9 Å². The van der Waals surface area contributed by atoms with Gasteiger partial charge in [-0.2, -0.15) is 8.78 Å². The van der Waals surface area contributed by atoms with Gasteiger partial charge in [0.25, 0.3) is 0 Å². The van der Waals surface area contributed by atoms with Gasteiger partial charge in [0.05, 0.1) is 0 Å². The fourth-order valence-corrected chi connectivity index (χ4v) is 2.06. The monoisotopic (exact) mass is 257 g/mol. The zero-order valence-corrected chi connectivity index (χ0v) is 9.92. The zero-order valence-electron chi connectivity index (χ0n) is 9.11. The summed E-state index contributed by atoms with van der Waals surface area (Å²) in [5.41, 5.74) is 1.98. The molecular formula is C10H9F2N3OS. The normalized spacial score (nSPS) is 11.8. The molecule has 2 rings (SSSR count). The van der Waals surface area contributed by atoms with Crippen LogP contribution in [0.1, 0.15) is 16.1 Å². The van der Waals surface area contributed by atoms with Gasteiger partial charge >= 0.3 is 6.11 Å². The molecule has 0 atom stereocenters. The Morgan fingerprint density at radius 1 is 1.35 bits per heavy atom. The van der Waals surface area contributed by atoms with E-state index < -0.39 is 11.0 Å². The average Bonchev–Trinajstić information content (AvgIpc) is 2.65. The number of pyridine rings is 1. The van der Waals surface area contributed by atoms with Crippen molar-refractivity contribution in [2.24, 2.45) is 0 Å². The van der Waals surface area contributed by atoms with Gasteiger partial charge in [-0.15, -0.1) is 5.10 Å². The third kappa shape index (κ3) is 2.29. The van der Waals surface area contributed by atoms with Gasteiger partial charge in [-0.05, 0) is 37.0 Å². The minimum absolute atomic E-state index is 0.0208. The highest BCUT2D eigenvalue weighted by molar-refractivity contribution is 7.06. The van der Waals surface area contributed by atoms with E-state index in [-0.39, 0.29) is 5.69 Å². The molecule has 0 radical (unpaired) electrons. The minimum atomic E-state index is -3.93. The van der Waals surface area contributed by atoms with Crippen molar-refractivity contribution in [3.63, 3.8) is 0 Å². The molecule has 2 aromatic rings. The highest BCUT2D eigenvalue weighted by Crippen LogP contribution is 2.36. The second-order valence-corrected chi connectivity index (χ2v) is 4.39. The van der Waals surface area contributed by atoms with Crippen molar-refractivity contribution in [3.05, 3.63) is 28.4 Å². The topological polar surface area (TPSA) is 58.9 Å². The van der Waals surface area contributed by atoms with E-state index in [2.05, 4.69) is 14.6 Å². The van der Waals surface area contributed by atoms with E-state index >= 15 is 0 Å². The summed E-state index contributed by atoms with van der Waals surface area (Å²) in [7, 11) is 0. The van der Waals surface area contributed by atoms with Crippen LogP contribution in [0.5, 0.6) is 0 Å². The Balaban J connectivity index is 2.58. The zero-order chi connectivity index (χ0) is 12.6. The molecule has 0 bridgehead atoms. The number of aromatic nitrogens is 3. The van der Waals surface area contributed by atoms with Gasteiger partial charge < -0.3 is 5.11 Å². The summed E-state index contributed by atoms with van der Waals surface area (Å²) in [6, 6.07) is 1.76. The molecule has 0 saturated heterocycles. The molecule has 0 unspecified atom stereocenters. The number of rotatable bonds is 2. The second kappa shape index (κ2) is 4.08. The Bertz CT molecular complexity index is 551. The number of hydrogen-bond acceptors (Lipinski definition) is 5. The SMILES string of the molecule is Cc1cc(C)c(-c2nnsc2C(O)(F)F)cn1. The van der Waals surface area contributed by atoms with Crippen LogP contribution in [-0.2, 0) is 6.11 Å². The van der Waals surface area contributed by atoms with Crippen molar-refractivity contribution in [1.82, 2.24) is 14.6 Å². The molecule has 0 aliphatic carbocycles. The molecule has 90 valence electrons. The standard InChI is InChI=1S/C10H9F2N3OS/c1-5-3-6(2)13-4-7(5)8-9(10(11,12)16)17-15-14-8/h3-4,16H,1-2H3. The molecule has 0 spiro atoms. The van der Waals surface area contributed by atoms with E-state index in [4.69, 9.17) is 5.11 Å². The smallest absolute Gasteiger partial charge is 0.332 e. The largest absolute Gasteiger partial charge is 0.393 e. The van der Waals surface area contributed by atoms with Crippen molar-refractivity contribution < 1.29 is 13.9 Å². The van der Waals surface area contributed by atoms with Crippen molar-refractivity contribution in [2.45, 2.75) is 20.0 Å². The molecule has 0 aliphatic rings. The van der Waals surface area contributed by atoms with Gasteiger partial charge in [-0.1, -0.05) is 4.49 Å². The lowest BCUT2D eigenvalue weighted by atomic mass is 10.1. The Labute approximate surface area is 100 Å². The summed E-state index contributed by atoms with van der Waals surface area (Å²) in [5, 5.41) is 12.4. The van der Waals surface area contributed by atoms with Crippen LogP contribution in [0.25, 0.3) is 11.3 Å². The predicted octanol–water partition coefficient (Wildman–Crippen LogP) is 2.26. The summed E-state index contributed by atoms with van der Waals surface area (Å²) < 4.78 is 29.3. The van der Waals surface area contributed by atoms with E-state index in [1.807, 2.05) is 0 Å². The van der Waals surface area contributed by atoms with E-state index in [9.17, 15) is 8.78 Å². The lowest BCUT2D eigenvalue weighted by Crippen LogP contribution is -2.11. The van der Waals surface area contributed by atoms with Crippen LogP contribution in [0.15, 0.2) is 12.3 Å². The van der Waals surface area contributed by atoms with Crippen LogP contribution >= 0.6 is 11.5 Å². The van der Waals surface area contributed by atoms with Gasteiger partial charge in [0.15, 0.2) is 4.88 Å². The highest BCUT2D eigenvalue weighted by atomic mass is 32.1. The predicted molar refractivity (Wildman–Crippen MR) is 58.7 cm³/mol. The molecule has 0 aromatic carbocycles. The maximum Gasteiger partial charge on any atom is 0.393 e. The van der Waals surface area contributed by atoms with Crippen molar-refractivity contribution in [1.29, 1.82) is 0 Å². The van der Waals surface area contributed by atoms with Crippen molar-refractivity contribution in [2.75, 3.05) is 0 Å². The van der Waals surface area contributed by atoms with Crippen LogP contribution in [-0.4, -0.2) is 19.7 Å². The molecule has 0 amide bonds. The molecule has 7 heteroatoms. The number of alkyl halides is 2. The maximum absolute atomic E-state index is 12.9. The van der Waals surface area contributed by atoms with Gasteiger partial charge in [0.1, 0.15) is 5.69 Å². The Hall–Kier alpha value is -1.47. The Kier molecular flexibility index (Phi) is 2.88. The molecule has 2 aromatic heterocycles. The number of halogens is 2. The first kappa shape index (κ1) is 12.0. The van der Waals surface area contributed by atoms with Crippen molar-refractivity contribution >= 4 is 11.5 Å². The summed E-state index contributed by atoms with van der Waals surface area (Å²) in [5.74, 6) is 0. The van der Waals surface area contributed by atoms with Crippen LogP contribution in [0, 0.1) is 13.8 Å². The number of hydrogen-bond donors (Lipinski definition) is 1. The first-order chi connectivity index (χ1) is 7.89. The lowest BCUT2D eigenvalue weighted by Gasteiger charge is -2.09. The Morgan fingerprint density at radius 2 is 2.06 bits per heavy atom. The molecule has 1 N–H and O–H groups in total. The molecular weight excluding hydrogens is 248 g/mol. The minimum Gasteiger partial charge on any atom is -0.332 e. The highest BCUT2D eigenvalue weighted by Gasteiger charge is 2.35.